The standard InChI is InChI=1S/C13H13NO3/c15-12(10-5-2-1-3-6-10)13(16)14-9-11-7-4-8-17-11/h1-8,12,15H,9H2,(H,14,16). The normalized spacial score (nSPS) is 12.1. The topological polar surface area (TPSA) is 62.5 Å². The second-order valence-corrected chi connectivity index (χ2v) is 3.61. The fourth-order valence-corrected chi connectivity index (χ4v) is 1.47. The molecule has 88 valence electrons. The molecule has 0 bridgehead atoms. The molecule has 1 amide bonds. The van der Waals surface area contributed by atoms with Gasteiger partial charge in [0.25, 0.3) is 5.91 Å². The Kier molecular flexibility index (Phi) is 3.57. The molecule has 1 unspecified atom stereocenters. The van der Waals surface area contributed by atoms with E-state index < -0.39 is 12.0 Å². The van der Waals surface area contributed by atoms with E-state index in [4.69, 9.17) is 4.42 Å². The average molecular weight is 231 g/mol. The molecule has 17 heavy (non-hydrogen) atoms. The maximum absolute atomic E-state index is 11.6. The number of nitrogens with one attached hydrogen (secondary N) is 1. The minimum atomic E-state index is -1.15. The summed E-state index contributed by atoms with van der Waals surface area (Å²) in [5.74, 6) is 0.214. The van der Waals surface area contributed by atoms with Gasteiger partial charge in [-0.1, -0.05) is 30.3 Å². The van der Waals surface area contributed by atoms with Gasteiger partial charge >= 0.3 is 0 Å². The van der Waals surface area contributed by atoms with Gasteiger partial charge in [0.1, 0.15) is 5.76 Å². The van der Waals surface area contributed by atoms with Crippen molar-refractivity contribution in [3.05, 3.63) is 60.1 Å². The number of carbonyl (C=O) groups excluding carboxylic acids is 1. The lowest BCUT2D eigenvalue weighted by Crippen LogP contribution is -2.28. The summed E-state index contributed by atoms with van der Waals surface area (Å²) >= 11 is 0. The molecule has 1 atom stereocenters. The number of aliphatic hydroxyl groups excluding tert-OH is 1. The molecule has 1 aromatic carbocycles. The number of aliphatic hydroxyl groups is 1. The highest BCUT2D eigenvalue weighted by molar-refractivity contribution is 5.81. The van der Waals surface area contributed by atoms with Crippen LogP contribution in [0.1, 0.15) is 17.4 Å². The first-order valence-electron chi connectivity index (χ1n) is 5.30. The van der Waals surface area contributed by atoms with E-state index >= 15 is 0 Å². The maximum atomic E-state index is 11.6. The Hall–Kier alpha value is -2.07. The smallest absolute Gasteiger partial charge is 0.253 e. The Morgan fingerprint density at radius 2 is 2.00 bits per heavy atom. The quantitative estimate of drug-likeness (QED) is 0.840. The third kappa shape index (κ3) is 2.95. The third-order valence-corrected chi connectivity index (χ3v) is 2.38. The number of furan rings is 1. The van der Waals surface area contributed by atoms with Crippen molar-refractivity contribution in [2.24, 2.45) is 0 Å². The van der Waals surface area contributed by atoms with E-state index in [1.54, 1.807) is 36.4 Å². The minimum Gasteiger partial charge on any atom is -0.467 e. The zero-order valence-corrected chi connectivity index (χ0v) is 9.17. The SMILES string of the molecule is O=C(NCc1ccco1)C(O)c1ccccc1. The Balaban J connectivity index is 1.92. The van der Waals surface area contributed by atoms with Gasteiger partial charge in [0.15, 0.2) is 6.10 Å². The van der Waals surface area contributed by atoms with Gasteiger partial charge in [0.2, 0.25) is 0 Å². The van der Waals surface area contributed by atoms with E-state index in [0.717, 1.165) is 0 Å². The van der Waals surface area contributed by atoms with E-state index in [1.807, 2.05) is 6.07 Å². The summed E-state index contributed by atoms with van der Waals surface area (Å²) in [6.07, 6.45) is 0.390. The lowest BCUT2D eigenvalue weighted by Gasteiger charge is -2.10. The summed E-state index contributed by atoms with van der Waals surface area (Å²) in [7, 11) is 0. The van der Waals surface area contributed by atoms with Crippen molar-refractivity contribution in [2.75, 3.05) is 0 Å². The summed E-state index contributed by atoms with van der Waals surface area (Å²) < 4.78 is 5.07. The summed E-state index contributed by atoms with van der Waals surface area (Å²) in [5.41, 5.74) is 0.574. The molecule has 0 aliphatic rings. The Labute approximate surface area is 98.9 Å². The first-order chi connectivity index (χ1) is 8.27. The zero-order chi connectivity index (χ0) is 12.1. The van der Waals surface area contributed by atoms with Gasteiger partial charge in [-0.15, -0.1) is 0 Å². The van der Waals surface area contributed by atoms with Crippen LogP contribution in [-0.4, -0.2) is 11.0 Å². The van der Waals surface area contributed by atoms with Crippen molar-refractivity contribution in [1.82, 2.24) is 5.32 Å². The van der Waals surface area contributed by atoms with Crippen LogP contribution in [0.5, 0.6) is 0 Å². The molecule has 0 fully saturated rings. The molecule has 1 aromatic heterocycles. The van der Waals surface area contributed by atoms with Gasteiger partial charge in [0, 0.05) is 0 Å². The summed E-state index contributed by atoms with van der Waals surface area (Å²) in [6, 6.07) is 12.3. The van der Waals surface area contributed by atoms with Crippen molar-refractivity contribution < 1.29 is 14.3 Å². The van der Waals surface area contributed by atoms with E-state index in [9.17, 15) is 9.90 Å². The van der Waals surface area contributed by atoms with Crippen LogP contribution in [0.25, 0.3) is 0 Å². The number of benzene rings is 1. The van der Waals surface area contributed by atoms with Crippen LogP contribution >= 0.6 is 0 Å². The molecule has 1 heterocycles. The predicted octanol–water partition coefficient (Wildman–Crippen LogP) is 1.63. The molecule has 0 radical (unpaired) electrons. The molecule has 4 heteroatoms. The monoisotopic (exact) mass is 231 g/mol. The van der Waals surface area contributed by atoms with Crippen LogP contribution in [0.3, 0.4) is 0 Å². The highest BCUT2D eigenvalue weighted by atomic mass is 16.3. The lowest BCUT2D eigenvalue weighted by molar-refractivity contribution is -0.129. The van der Waals surface area contributed by atoms with Crippen LogP contribution in [0, 0.1) is 0 Å². The molecule has 2 rings (SSSR count). The second-order valence-electron chi connectivity index (χ2n) is 3.61. The van der Waals surface area contributed by atoms with Gasteiger partial charge in [-0.2, -0.15) is 0 Å². The molecule has 0 saturated heterocycles. The molecule has 2 N–H and O–H groups in total. The van der Waals surface area contributed by atoms with Gasteiger partial charge in [-0.3, -0.25) is 4.79 Å². The molecule has 0 spiro atoms. The number of hydrogen-bond donors (Lipinski definition) is 2. The summed E-state index contributed by atoms with van der Waals surface area (Å²) in [5, 5.41) is 12.4. The van der Waals surface area contributed by atoms with Gasteiger partial charge in [-0.25, -0.2) is 0 Å². The predicted molar refractivity (Wildman–Crippen MR) is 62.0 cm³/mol. The van der Waals surface area contributed by atoms with Crippen LogP contribution in [0.2, 0.25) is 0 Å². The number of hydrogen-bond acceptors (Lipinski definition) is 3. The van der Waals surface area contributed by atoms with E-state index in [2.05, 4.69) is 5.32 Å². The molecule has 2 aromatic rings. The third-order valence-electron chi connectivity index (χ3n) is 2.38. The Morgan fingerprint density at radius 3 is 2.65 bits per heavy atom. The van der Waals surface area contributed by atoms with Gasteiger partial charge < -0.3 is 14.8 Å². The Morgan fingerprint density at radius 1 is 1.24 bits per heavy atom. The second kappa shape index (κ2) is 5.32. The first kappa shape index (κ1) is 11.4. The van der Waals surface area contributed by atoms with Crippen LogP contribution in [0.4, 0.5) is 0 Å². The first-order valence-corrected chi connectivity index (χ1v) is 5.30. The highest BCUT2D eigenvalue weighted by Gasteiger charge is 2.16. The molecular formula is C13H13NO3. The van der Waals surface area contributed by atoms with Crippen molar-refractivity contribution in [3.8, 4) is 0 Å². The molecular weight excluding hydrogens is 218 g/mol. The van der Waals surface area contributed by atoms with E-state index in [1.165, 1.54) is 6.26 Å². The zero-order valence-electron chi connectivity index (χ0n) is 9.17. The number of carbonyl (C=O) groups is 1. The average Bonchev–Trinajstić information content (AvgIpc) is 2.89. The maximum Gasteiger partial charge on any atom is 0.253 e. The van der Waals surface area contributed by atoms with Crippen LogP contribution in [0.15, 0.2) is 53.1 Å². The number of amides is 1. The lowest BCUT2D eigenvalue weighted by atomic mass is 10.1. The van der Waals surface area contributed by atoms with Crippen molar-refractivity contribution in [2.45, 2.75) is 12.6 Å². The highest BCUT2D eigenvalue weighted by Crippen LogP contribution is 2.12. The largest absolute Gasteiger partial charge is 0.467 e. The fraction of sp³-hybridized carbons (Fsp3) is 0.154. The van der Waals surface area contributed by atoms with Crippen molar-refractivity contribution >= 4 is 5.91 Å². The van der Waals surface area contributed by atoms with Crippen LogP contribution in [-0.2, 0) is 11.3 Å². The molecule has 0 aliphatic heterocycles. The fourth-order valence-electron chi connectivity index (χ4n) is 1.47. The van der Waals surface area contributed by atoms with E-state index in [0.29, 0.717) is 11.3 Å². The minimum absolute atomic E-state index is 0.274. The van der Waals surface area contributed by atoms with E-state index in [-0.39, 0.29) is 6.54 Å². The Bertz CT molecular complexity index is 465. The van der Waals surface area contributed by atoms with Gasteiger partial charge in [-0.05, 0) is 17.7 Å². The van der Waals surface area contributed by atoms with Crippen LogP contribution < -0.4 is 5.32 Å². The summed E-state index contributed by atoms with van der Waals surface area (Å²) in [4.78, 5) is 11.6. The molecule has 0 aliphatic carbocycles. The van der Waals surface area contributed by atoms with Crippen molar-refractivity contribution in [1.29, 1.82) is 0 Å². The number of rotatable bonds is 4. The molecule has 0 saturated carbocycles. The van der Waals surface area contributed by atoms with Crippen molar-refractivity contribution in [3.63, 3.8) is 0 Å². The van der Waals surface area contributed by atoms with Gasteiger partial charge in [0.05, 0.1) is 12.8 Å². The molecule has 4 nitrogen and oxygen atoms in total. The summed E-state index contributed by atoms with van der Waals surface area (Å²) in [6.45, 7) is 0.274.